The van der Waals surface area contributed by atoms with Crippen molar-refractivity contribution >= 4 is 11.7 Å². The summed E-state index contributed by atoms with van der Waals surface area (Å²) in [5.74, 6) is 0.369. The highest BCUT2D eigenvalue weighted by molar-refractivity contribution is 6.03. The van der Waals surface area contributed by atoms with Gasteiger partial charge in [-0.05, 0) is 18.4 Å². The molecule has 104 valence electrons. The third kappa shape index (κ3) is 3.74. The number of anilines is 1. The Hall–Kier alpha value is -2.50. The van der Waals surface area contributed by atoms with E-state index in [9.17, 15) is 9.59 Å². The van der Waals surface area contributed by atoms with E-state index in [-0.39, 0.29) is 11.5 Å². The van der Waals surface area contributed by atoms with E-state index in [2.05, 4.69) is 20.3 Å². The zero-order valence-corrected chi connectivity index (χ0v) is 11.4. The van der Waals surface area contributed by atoms with Crippen LogP contribution in [0.2, 0.25) is 0 Å². The molecule has 0 unspecified atom stereocenters. The molecule has 1 amide bonds. The number of carbonyl (C=O) groups excluding carboxylic acids is 1. The monoisotopic (exact) mass is 272 g/mol. The maximum atomic E-state index is 12.1. The van der Waals surface area contributed by atoms with Crippen LogP contribution in [-0.2, 0) is 6.42 Å². The molecule has 0 fully saturated rings. The minimum atomic E-state index is -0.374. The zero-order valence-electron chi connectivity index (χ0n) is 11.4. The first-order valence-electron chi connectivity index (χ1n) is 6.35. The molecular formula is C14H16N4O2. The number of hydrogen-bond donors (Lipinski definition) is 2. The molecule has 2 heterocycles. The average molecular weight is 272 g/mol. The van der Waals surface area contributed by atoms with Gasteiger partial charge in [-0.2, -0.15) is 0 Å². The van der Waals surface area contributed by atoms with Gasteiger partial charge in [0.05, 0.1) is 6.20 Å². The summed E-state index contributed by atoms with van der Waals surface area (Å²) in [7, 11) is 0. The maximum Gasteiger partial charge on any atom is 0.257 e. The lowest BCUT2D eigenvalue weighted by atomic mass is 10.1. The van der Waals surface area contributed by atoms with Gasteiger partial charge in [0, 0.05) is 29.7 Å². The van der Waals surface area contributed by atoms with E-state index in [4.69, 9.17) is 0 Å². The van der Waals surface area contributed by atoms with Crippen molar-refractivity contribution < 1.29 is 4.79 Å². The summed E-state index contributed by atoms with van der Waals surface area (Å²) in [6.07, 6.45) is 5.16. The van der Waals surface area contributed by atoms with E-state index in [1.807, 2.05) is 13.8 Å². The molecule has 0 atom stereocenters. The van der Waals surface area contributed by atoms with Crippen molar-refractivity contribution in [3.8, 4) is 0 Å². The molecule has 2 aromatic heterocycles. The van der Waals surface area contributed by atoms with Gasteiger partial charge in [0.2, 0.25) is 5.56 Å². The number of rotatable bonds is 4. The summed E-state index contributed by atoms with van der Waals surface area (Å²) < 4.78 is 0. The number of aromatic nitrogens is 3. The molecule has 6 nitrogen and oxygen atoms in total. The highest BCUT2D eigenvalue weighted by atomic mass is 16.2. The fourth-order valence-corrected chi connectivity index (χ4v) is 1.83. The average Bonchev–Trinajstić information content (AvgIpc) is 2.38. The lowest BCUT2D eigenvalue weighted by Crippen LogP contribution is -2.18. The maximum absolute atomic E-state index is 12.1. The first-order chi connectivity index (χ1) is 9.54. The Morgan fingerprint density at radius 2 is 2.15 bits per heavy atom. The van der Waals surface area contributed by atoms with Crippen LogP contribution in [0.15, 0.2) is 35.5 Å². The number of nitrogens with one attached hydrogen (secondary N) is 2. The first kappa shape index (κ1) is 13.9. The van der Waals surface area contributed by atoms with Gasteiger partial charge in [-0.3, -0.25) is 14.6 Å². The molecular weight excluding hydrogens is 256 g/mol. The van der Waals surface area contributed by atoms with Crippen molar-refractivity contribution in [3.63, 3.8) is 0 Å². The van der Waals surface area contributed by atoms with Gasteiger partial charge in [-0.1, -0.05) is 13.8 Å². The van der Waals surface area contributed by atoms with Crippen molar-refractivity contribution in [3.05, 3.63) is 52.3 Å². The molecule has 0 saturated heterocycles. The van der Waals surface area contributed by atoms with Crippen molar-refractivity contribution in [2.45, 2.75) is 20.3 Å². The number of pyridine rings is 1. The second-order valence-electron chi connectivity index (χ2n) is 4.90. The molecule has 0 aliphatic rings. The Balaban J connectivity index is 2.21. The normalized spacial score (nSPS) is 10.6. The van der Waals surface area contributed by atoms with Crippen LogP contribution in [0.25, 0.3) is 0 Å². The summed E-state index contributed by atoms with van der Waals surface area (Å²) in [4.78, 5) is 34.2. The highest BCUT2D eigenvalue weighted by Gasteiger charge is 2.10. The predicted octanol–water partition coefficient (Wildman–Crippen LogP) is 1.62. The van der Waals surface area contributed by atoms with Crippen LogP contribution < -0.4 is 10.9 Å². The van der Waals surface area contributed by atoms with Gasteiger partial charge < -0.3 is 10.3 Å². The Kier molecular flexibility index (Phi) is 4.24. The standard InChI is InChI=1S/C14H16N4O2/c1-9(2)5-11-6-10(7-13(19)17-11)14(20)18-12-8-15-3-4-16-12/h3-4,6-9H,5H2,1-2H3,(H,17,19)(H,16,18,20). The lowest BCUT2D eigenvalue weighted by molar-refractivity contribution is 0.102. The van der Waals surface area contributed by atoms with Crippen LogP contribution in [0.3, 0.4) is 0 Å². The molecule has 0 bridgehead atoms. The Morgan fingerprint density at radius 3 is 2.80 bits per heavy atom. The van der Waals surface area contributed by atoms with Crippen LogP contribution in [0.1, 0.15) is 29.9 Å². The van der Waals surface area contributed by atoms with Crippen LogP contribution in [0.4, 0.5) is 5.82 Å². The molecule has 2 rings (SSSR count). The molecule has 0 spiro atoms. The summed E-state index contributed by atoms with van der Waals surface area (Å²) in [5, 5.41) is 2.60. The molecule has 6 heteroatoms. The Labute approximate surface area is 116 Å². The number of aromatic amines is 1. The molecule has 2 N–H and O–H groups in total. The van der Waals surface area contributed by atoms with Crippen molar-refractivity contribution in [1.29, 1.82) is 0 Å². The Bertz CT molecular complexity index is 650. The van der Waals surface area contributed by atoms with E-state index in [0.29, 0.717) is 23.7 Å². The Morgan fingerprint density at radius 1 is 1.35 bits per heavy atom. The fourth-order valence-electron chi connectivity index (χ4n) is 1.83. The summed E-state index contributed by atoms with van der Waals surface area (Å²) >= 11 is 0. The first-order valence-corrected chi connectivity index (χ1v) is 6.35. The third-order valence-electron chi connectivity index (χ3n) is 2.60. The number of nitrogens with zero attached hydrogens (tertiary/aromatic N) is 2. The summed E-state index contributed by atoms with van der Waals surface area (Å²) in [5.41, 5.74) is 0.777. The second kappa shape index (κ2) is 6.10. The molecule has 0 aromatic carbocycles. The molecule has 2 aromatic rings. The van der Waals surface area contributed by atoms with Crippen LogP contribution in [0, 0.1) is 5.92 Å². The quantitative estimate of drug-likeness (QED) is 0.885. The lowest BCUT2D eigenvalue weighted by Gasteiger charge is -2.07. The van der Waals surface area contributed by atoms with Gasteiger partial charge in [0.25, 0.3) is 5.91 Å². The SMILES string of the molecule is CC(C)Cc1cc(C(=O)Nc2cnccn2)cc(=O)[nH]1. The molecule has 0 aliphatic carbocycles. The van der Waals surface area contributed by atoms with E-state index < -0.39 is 0 Å². The molecule has 20 heavy (non-hydrogen) atoms. The van der Waals surface area contributed by atoms with Crippen LogP contribution in [0.5, 0.6) is 0 Å². The predicted molar refractivity (Wildman–Crippen MR) is 75.6 cm³/mol. The smallest absolute Gasteiger partial charge is 0.257 e. The highest BCUT2D eigenvalue weighted by Crippen LogP contribution is 2.08. The van der Waals surface area contributed by atoms with E-state index in [0.717, 1.165) is 5.69 Å². The molecule has 0 radical (unpaired) electrons. The van der Waals surface area contributed by atoms with Gasteiger partial charge >= 0.3 is 0 Å². The summed E-state index contributed by atoms with van der Waals surface area (Å²) in [6.45, 7) is 4.09. The van der Waals surface area contributed by atoms with Gasteiger partial charge in [-0.25, -0.2) is 4.98 Å². The minimum Gasteiger partial charge on any atom is -0.326 e. The van der Waals surface area contributed by atoms with Crippen molar-refractivity contribution in [2.24, 2.45) is 5.92 Å². The van der Waals surface area contributed by atoms with E-state index >= 15 is 0 Å². The van der Waals surface area contributed by atoms with Gasteiger partial charge in [0.1, 0.15) is 0 Å². The number of hydrogen-bond acceptors (Lipinski definition) is 4. The van der Waals surface area contributed by atoms with Crippen molar-refractivity contribution in [2.75, 3.05) is 5.32 Å². The molecule has 0 aliphatic heterocycles. The van der Waals surface area contributed by atoms with E-state index in [1.165, 1.54) is 24.7 Å². The number of H-pyrrole nitrogens is 1. The molecule has 0 saturated carbocycles. The van der Waals surface area contributed by atoms with Gasteiger partial charge in [-0.15, -0.1) is 0 Å². The van der Waals surface area contributed by atoms with Crippen LogP contribution in [-0.4, -0.2) is 20.9 Å². The number of amides is 1. The largest absolute Gasteiger partial charge is 0.326 e. The fraction of sp³-hybridized carbons (Fsp3) is 0.286. The van der Waals surface area contributed by atoms with Gasteiger partial charge in [0.15, 0.2) is 5.82 Å². The third-order valence-corrected chi connectivity index (χ3v) is 2.60. The van der Waals surface area contributed by atoms with Crippen molar-refractivity contribution in [1.82, 2.24) is 15.0 Å². The van der Waals surface area contributed by atoms with E-state index in [1.54, 1.807) is 6.07 Å². The number of carbonyl (C=O) groups is 1. The zero-order chi connectivity index (χ0) is 14.5. The topological polar surface area (TPSA) is 87.7 Å². The summed E-state index contributed by atoms with van der Waals surface area (Å²) in [6, 6.07) is 2.96. The minimum absolute atomic E-state index is 0.285. The second-order valence-corrected chi connectivity index (χ2v) is 4.90. The van der Waals surface area contributed by atoms with Crippen LogP contribution >= 0.6 is 0 Å².